The van der Waals surface area contributed by atoms with E-state index in [-0.39, 0.29) is 18.4 Å². The zero-order valence-electron chi connectivity index (χ0n) is 17.8. The maximum absolute atomic E-state index is 13.5. The number of halogens is 3. The Morgan fingerprint density at radius 1 is 1.20 bits per heavy atom. The van der Waals surface area contributed by atoms with Crippen molar-refractivity contribution in [1.29, 1.82) is 0 Å². The van der Waals surface area contributed by atoms with Crippen LogP contribution in [-0.2, 0) is 17.5 Å². The van der Waals surface area contributed by atoms with E-state index in [1.807, 2.05) is 0 Å². The highest BCUT2D eigenvalue weighted by atomic mass is 19.4. The molecule has 3 aliphatic rings. The first kappa shape index (κ1) is 21.4. The van der Waals surface area contributed by atoms with E-state index in [2.05, 4.69) is 30.7 Å². The summed E-state index contributed by atoms with van der Waals surface area (Å²) >= 11 is 0. The van der Waals surface area contributed by atoms with Gasteiger partial charge in [0, 0.05) is 38.2 Å². The Labute approximate surface area is 175 Å². The molecule has 0 spiro atoms. The Hall–Kier alpha value is -1.80. The van der Waals surface area contributed by atoms with Crippen molar-refractivity contribution in [3.05, 3.63) is 29.3 Å². The second-order valence-corrected chi connectivity index (χ2v) is 9.24. The third-order valence-electron chi connectivity index (χ3n) is 7.14. The van der Waals surface area contributed by atoms with Gasteiger partial charge in [0.25, 0.3) is 0 Å². The van der Waals surface area contributed by atoms with Gasteiger partial charge in [-0.25, -0.2) is 0 Å². The first-order chi connectivity index (χ1) is 14.1. The molecule has 0 saturated carbocycles. The van der Waals surface area contributed by atoms with Crippen molar-refractivity contribution in [2.24, 2.45) is 11.3 Å². The highest BCUT2D eigenvalue weighted by Gasteiger charge is 2.55. The van der Waals surface area contributed by atoms with Crippen LogP contribution in [0, 0.1) is 11.3 Å². The van der Waals surface area contributed by atoms with Gasteiger partial charge in [0.1, 0.15) is 5.75 Å². The van der Waals surface area contributed by atoms with Gasteiger partial charge in [0.2, 0.25) is 5.91 Å². The average molecular weight is 425 g/mol. The quantitative estimate of drug-likeness (QED) is 0.741. The van der Waals surface area contributed by atoms with Gasteiger partial charge in [-0.15, -0.1) is 0 Å². The predicted molar refractivity (Wildman–Crippen MR) is 107 cm³/mol. The molecule has 2 saturated heterocycles. The maximum atomic E-state index is 13.5. The first-order valence-electron chi connectivity index (χ1n) is 10.7. The molecule has 0 aliphatic carbocycles. The van der Waals surface area contributed by atoms with Gasteiger partial charge < -0.3 is 19.4 Å². The number of ether oxygens (including phenoxy) is 1. The summed E-state index contributed by atoms with van der Waals surface area (Å²) in [7, 11) is 2.12. The summed E-state index contributed by atoms with van der Waals surface area (Å²) in [4.78, 5) is 19.9. The van der Waals surface area contributed by atoms with Crippen molar-refractivity contribution in [3.63, 3.8) is 0 Å². The topological polar surface area (TPSA) is 36.0 Å². The fourth-order valence-electron chi connectivity index (χ4n) is 4.94. The molecule has 0 aromatic heterocycles. The molecule has 3 heterocycles. The number of rotatable bonds is 4. The van der Waals surface area contributed by atoms with E-state index >= 15 is 0 Å². The number of hydrogen-bond donors (Lipinski definition) is 0. The Balaban J connectivity index is 1.52. The number of alkyl halides is 3. The number of benzene rings is 1. The van der Waals surface area contributed by atoms with Crippen molar-refractivity contribution in [3.8, 4) is 5.75 Å². The molecule has 1 aromatic rings. The molecule has 8 heteroatoms. The second-order valence-electron chi connectivity index (χ2n) is 9.24. The van der Waals surface area contributed by atoms with E-state index in [0.29, 0.717) is 17.7 Å². The summed E-state index contributed by atoms with van der Waals surface area (Å²) in [5.74, 6) is 0.593. The SMILES string of the molecule is CC(C)C1(CCN2CCN(C)CC2)CC2Oc3ccc(C(F)(F)F)cc3CN2C1=O. The number of likely N-dealkylation sites (N-methyl/N-ethyl adjacent to an activating group) is 1. The van der Waals surface area contributed by atoms with E-state index in [9.17, 15) is 18.0 Å². The van der Waals surface area contributed by atoms with Crippen molar-refractivity contribution >= 4 is 5.91 Å². The molecule has 0 bridgehead atoms. The normalized spacial score (nSPS) is 27.9. The molecule has 1 aromatic carbocycles. The molecule has 0 radical (unpaired) electrons. The molecular formula is C22H30F3N3O2. The zero-order valence-corrected chi connectivity index (χ0v) is 17.8. The lowest BCUT2D eigenvalue weighted by atomic mass is 9.72. The van der Waals surface area contributed by atoms with Gasteiger partial charge in [-0.05, 0) is 44.1 Å². The highest BCUT2D eigenvalue weighted by molar-refractivity contribution is 5.86. The molecule has 2 atom stereocenters. The summed E-state index contributed by atoms with van der Waals surface area (Å²) < 4.78 is 45.3. The van der Waals surface area contributed by atoms with Crippen LogP contribution < -0.4 is 4.74 Å². The standard InChI is InChI=1S/C22H30F3N3O2/c1-15(2)21(6-7-27-10-8-26(3)9-11-27)13-19-28(20(21)29)14-16-12-17(22(23,24)25)4-5-18(16)30-19/h4-5,12,15,19H,6-11,13-14H2,1-3H3. The van der Waals surface area contributed by atoms with Gasteiger partial charge in [-0.3, -0.25) is 4.79 Å². The molecule has 30 heavy (non-hydrogen) atoms. The number of hydrogen-bond acceptors (Lipinski definition) is 4. The van der Waals surface area contributed by atoms with Crippen LogP contribution in [-0.4, -0.2) is 66.6 Å². The summed E-state index contributed by atoms with van der Waals surface area (Å²) in [5, 5.41) is 0. The van der Waals surface area contributed by atoms with Gasteiger partial charge in [0.05, 0.1) is 17.5 Å². The lowest BCUT2D eigenvalue weighted by molar-refractivity contribution is -0.142. The van der Waals surface area contributed by atoms with Crippen LogP contribution in [0.15, 0.2) is 18.2 Å². The van der Waals surface area contributed by atoms with Crippen molar-refractivity contribution in [2.45, 2.75) is 45.6 Å². The van der Waals surface area contributed by atoms with Gasteiger partial charge in [0.15, 0.2) is 6.23 Å². The van der Waals surface area contributed by atoms with E-state index < -0.39 is 23.4 Å². The number of carbonyl (C=O) groups excluding carboxylic acids is 1. The van der Waals surface area contributed by atoms with E-state index in [0.717, 1.165) is 51.3 Å². The molecule has 3 aliphatic heterocycles. The Bertz CT molecular complexity index is 805. The Morgan fingerprint density at radius 2 is 1.90 bits per heavy atom. The number of fused-ring (bicyclic) bond motifs is 2. The summed E-state index contributed by atoms with van der Waals surface area (Å²) in [5.41, 5.74) is -0.823. The lowest BCUT2D eigenvalue weighted by Crippen LogP contribution is -2.47. The first-order valence-corrected chi connectivity index (χ1v) is 10.7. The minimum Gasteiger partial charge on any atom is -0.470 e. The largest absolute Gasteiger partial charge is 0.470 e. The van der Waals surface area contributed by atoms with Crippen LogP contribution in [0.25, 0.3) is 0 Å². The summed E-state index contributed by atoms with van der Waals surface area (Å²) in [6, 6.07) is 3.55. The van der Waals surface area contributed by atoms with Gasteiger partial charge in [-0.1, -0.05) is 13.8 Å². The number of piperazine rings is 1. The highest BCUT2D eigenvalue weighted by Crippen LogP contribution is 2.49. The number of nitrogens with zero attached hydrogens (tertiary/aromatic N) is 3. The zero-order chi connectivity index (χ0) is 21.7. The van der Waals surface area contributed by atoms with E-state index in [1.165, 1.54) is 6.07 Å². The van der Waals surface area contributed by atoms with E-state index in [1.54, 1.807) is 4.90 Å². The second kappa shape index (κ2) is 7.71. The summed E-state index contributed by atoms with van der Waals surface area (Å²) in [6.45, 7) is 9.19. The number of amides is 1. The molecule has 4 rings (SSSR count). The predicted octanol–water partition coefficient (Wildman–Crippen LogP) is 3.44. The smallest absolute Gasteiger partial charge is 0.416 e. The fraction of sp³-hybridized carbons (Fsp3) is 0.682. The third-order valence-corrected chi connectivity index (χ3v) is 7.14. The Morgan fingerprint density at radius 3 is 2.53 bits per heavy atom. The van der Waals surface area contributed by atoms with Crippen molar-refractivity contribution < 1.29 is 22.7 Å². The number of carbonyl (C=O) groups is 1. The van der Waals surface area contributed by atoms with Gasteiger partial charge in [-0.2, -0.15) is 13.2 Å². The average Bonchev–Trinajstić information content (AvgIpc) is 2.97. The Kier molecular flexibility index (Phi) is 5.51. The molecule has 1 amide bonds. The van der Waals surface area contributed by atoms with Gasteiger partial charge >= 0.3 is 6.18 Å². The van der Waals surface area contributed by atoms with Crippen LogP contribution in [0.3, 0.4) is 0 Å². The van der Waals surface area contributed by atoms with Crippen LogP contribution in [0.2, 0.25) is 0 Å². The van der Waals surface area contributed by atoms with Crippen LogP contribution in [0.4, 0.5) is 13.2 Å². The van der Waals surface area contributed by atoms with Crippen molar-refractivity contribution in [2.75, 3.05) is 39.8 Å². The fourth-order valence-corrected chi connectivity index (χ4v) is 4.94. The monoisotopic (exact) mass is 425 g/mol. The van der Waals surface area contributed by atoms with Crippen LogP contribution in [0.5, 0.6) is 5.75 Å². The molecular weight excluding hydrogens is 395 g/mol. The molecule has 0 N–H and O–H groups in total. The minimum atomic E-state index is -4.41. The third kappa shape index (κ3) is 3.80. The maximum Gasteiger partial charge on any atom is 0.416 e. The molecule has 2 unspecified atom stereocenters. The van der Waals surface area contributed by atoms with Crippen molar-refractivity contribution in [1.82, 2.24) is 14.7 Å². The molecule has 166 valence electrons. The summed E-state index contributed by atoms with van der Waals surface area (Å²) in [6.07, 6.45) is -3.49. The molecule has 5 nitrogen and oxygen atoms in total. The minimum absolute atomic E-state index is 0.0136. The van der Waals surface area contributed by atoms with Crippen LogP contribution in [0.1, 0.15) is 37.8 Å². The van der Waals surface area contributed by atoms with E-state index in [4.69, 9.17) is 4.74 Å². The lowest BCUT2D eigenvalue weighted by Gasteiger charge is -2.37. The molecule has 2 fully saturated rings. The van der Waals surface area contributed by atoms with Crippen LogP contribution >= 0.6 is 0 Å².